The number of nitrogens with zero attached hydrogens (tertiary/aromatic N) is 2. The Morgan fingerprint density at radius 2 is 1.63 bits per heavy atom. The number of rotatable bonds is 9. The Labute approximate surface area is 120 Å². The second-order valence-corrected chi connectivity index (χ2v) is 6.56. The molecule has 0 radical (unpaired) electrons. The Hall–Kier alpha value is -0.120. The van der Waals surface area contributed by atoms with E-state index in [0.29, 0.717) is 0 Å². The van der Waals surface area contributed by atoms with Crippen molar-refractivity contribution in [3.05, 3.63) is 0 Å². The van der Waals surface area contributed by atoms with Crippen LogP contribution in [-0.2, 0) is 0 Å². The minimum atomic E-state index is 0.786. The topological polar surface area (TPSA) is 18.5 Å². The van der Waals surface area contributed by atoms with Crippen LogP contribution in [0.1, 0.15) is 46.0 Å². The Morgan fingerprint density at radius 1 is 0.947 bits per heavy atom. The zero-order valence-corrected chi connectivity index (χ0v) is 13.6. The van der Waals surface area contributed by atoms with Gasteiger partial charge in [-0.3, -0.25) is 0 Å². The quantitative estimate of drug-likeness (QED) is 0.693. The van der Waals surface area contributed by atoms with Gasteiger partial charge in [-0.15, -0.1) is 0 Å². The third kappa shape index (κ3) is 7.91. The van der Waals surface area contributed by atoms with Crippen LogP contribution in [0.2, 0.25) is 0 Å². The first-order valence-corrected chi connectivity index (χ1v) is 8.22. The van der Waals surface area contributed by atoms with Gasteiger partial charge in [-0.2, -0.15) is 0 Å². The van der Waals surface area contributed by atoms with E-state index < -0.39 is 0 Å². The molecule has 1 fully saturated rings. The molecule has 0 atom stereocenters. The molecule has 0 aliphatic heterocycles. The highest BCUT2D eigenvalue weighted by molar-refractivity contribution is 4.75. The molecule has 19 heavy (non-hydrogen) atoms. The molecule has 1 aliphatic rings. The highest BCUT2D eigenvalue weighted by atomic mass is 15.2. The first-order chi connectivity index (χ1) is 9.11. The van der Waals surface area contributed by atoms with Gasteiger partial charge in [0.15, 0.2) is 0 Å². The number of nitrogens with one attached hydrogen (secondary N) is 1. The summed E-state index contributed by atoms with van der Waals surface area (Å²) >= 11 is 0. The molecule has 0 amide bonds. The van der Waals surface area contributed by atoms with Gasteiger partial charge in [-0.1, -0.05) is 13.8 Å². The van der Waals surface area contributed by atoms with Crippen LogP contribution in [0, 0.1) is 5.92 Å². The van der Waals surface area contributed by atoms with Crippen LogP contribution in [0.5, 0.6) is 0 Å². The second-order valence-electron chi connectivity index (χ2n) is 6.56. The van der Waals surface area contributed by atoms with Gasteiger partial charge in [0.05, 0.1) is 0 Å². The van der Waals surface area contributed by atoms with Gasteiger partial charge < -0.3 is 15.1 Å². The van der Waals surface area contributed by atoms with Crippen molar-refractivity contribution in [2.75, 3.05) is 46.8 Å². The lowest BCUT2D eigenvalue weighted by atomic mass is 9.87. The van der Waals surface area contributed by atoms with Gasteiger partial charge in [-0.25, -0.2) is 0 Å². The maximum Gasteiger partial charge on any atom is 0.0110 e. The monoisotopic (exact) mass is 269 g/mol. The molecule has 0 unspecified atom stereocenters. The molecule has 1 N–H and O–H groups in total. The fourth-order valence-electron chi connectivity index (χ4n) is 2.88. The lowest BCUT2D eigenvalue weighted by Crippen LogP contribution is -2.41. The standard InChI is InChI=1S/C16H35N3/c1-5-11-19(14-13-18(3)4)12-10-17-16-8-6-15(2)7-9-16/h15-17H,5-14H2,1-4H3. The maximum absolute atomic E-state index is 3.76. The smallest absolute Gasteiger partial charge is 0.0110 e. The van der Waals surface area contributed by atoms with Crippen LogP contribution in [-0.4, -0.2) is 62.7 Å². The maximum atomic E-state index is 3.76. The zero-order chi connectivity index (χ0) is 14.1. The van der Waals surface area contributed by atoms with Crippen LogP contribution >= 0.6 is 0 Å². The Bertz CT molecular complexity index is 210. The molecule has 0 aromatic rings. The van der Waals surface area contributed by atoms with E-state index in [0.717, 1.165) is 18.5 Å². The summed E-state index contributed by atoms with van der Waals surface area (Å²) in [5.74, 6) is 0.953. The van der Waals surface area contributed by atoms with Gasteiger partial charge >= 0.3 is 0 Å². The first kappa shape index (κ1) is 16.9. The molecule has 0 heterocycles. The minimum Gasteiger partial charge on any atom is -0.313 e. The molecule has 1 saturated carbocycles. The van der Waals surface area contributed by atoms with E-state index in [1.54, 1.807) is 0 Å². The Kier molecular flexibility index (Phi) is 8.67. The lowest BCUT2D eigenvalue weighted by molar-refractivity contribution is 0.230. The number of likely N-dealkylation sites (N-methyl/N-ethyl adjacent to an activating group) is 1. The molecular formula is C16H35N3. The molecule has 114 valence electrons. The average molecular weight is 269 g/mol. The van der Waals surface area contributed by atoms with E-state index >= 15 is 0 Å². The third-order valence-corrected chi connectivity index (χ3v) is 4.28. The highest BCUT2D eigenvalue weighted by Crippen LogP contribution is 2.23. The summed E-state index contributed by atoms with van der Waals surface area (Å²) in [6.07, 6.45) is 6.85. The minimum absolute atomic E-state index is 0.786. The molecule has 0 aromatic carbocycles. The number of hydrogen-bond donors (Lipinski definition) is 1. The van der Waals surface area contributed by atoms with Crippen molar-refractivity contribution in [3.8, 4) is 0 Å². The van der Waals surface area contributed by atoms with Gasteiger partial charge in [0, 0.05) is 32.2 Å². The summed E-state index contributed by atoms with van der Waals surface area (Å²) in [6, 6.07) is 0.786. The summed E-state index contributed by atoms with van der Waals surface area (Å²) in [5, 5.41) is 3.76. The summed E-state index contributed by atoms with van der Waals surface area (Å²) in [4.78, 5) is 4.87. The molecule has 1 rings (SSSR count). The normalized spacial score (nSPS) is 24.3. The van der Waals surface area contributed by atoms with Gasteiger partial charge in [0.25, 0.3) is 0 Å². The van der Waals surface area contributed by atoms with Crippen molar-refractivity contribution in [1.29, 1.82) is 0 Å². The van der Waals surface area contributed by atoms with Crippen molar-refractivity contribution in [2.24, 2.45) is 5.92 Å². The summed E-state index contributed by atoms with van der Waals surface area (Å²) in [5.41, 5.74) is 0. The van der Waals surface area contributed by atoms with E-state index in [4.69, 9.17) is 0 Å². The van der Waals surface area contributed by atoms with E-state index in [1.165, 1.54) is 58.3 Å². The molecule has 0 bridgehead atoms. The molecule has 0 spiro atoms. The van der Waals surface area contributed by atoms with Crippen molar-refractivity contribution in [3.63, 3.8) is 0 Å². The molecule has 3 heteroatoms. The van der Waals surface area contributed by atoms with E-state index in [1.807, 2.05) is 0 Å². The van der Waals surface area contributed by atoms with Crippen LogP contribution in [0.15, 0.2) is 0 Å². The van der Waals surface area contributed by atoms with Crippen molar-refractivity contribution < 1.29 is 0 Å². The van der Waals surface area contributed by atoms with E-state index in [9.17, 15) is 0 Å². The van der Waals surface area contributed by atoms with Gasteiger partial charge in [0.2, 0.25) is 0 Å². The fourth-order valence-corrected chi connectivity index (χ4v) is 2.88. The lowest BCUT2D eigenvalue weighted by Gasteiger charge is -2.29. The van der Waals surface area contributed by atoms with Crippen LogP contribution in [0.3, 0.4) is 0 Å². The molecule has 3 nitrogen and oxygen atoms in total. The predicted octanol–water partition coefficient (Wildman–Crippen LogP) is 2.43. The Morgan fingerprint density at radius 3 is 2.21 bits per heavy atom. The summed E-state index contributed by atoms with van der Waals surface area (Å²) < 4.78 is 0. The molecule has 0 saturated heterocycles. The van der Waals surface area contributed by atoms with Crippen LogP contribution < -0.4 is 5.32 Å². The largest absolute Gasteiger partial charge is 0.313 e. The van der Waals surface area contributed by atoms with E-state index in [-0.39, 0.29) is 0 Å². The van der Waals surface area contributed by atoms with Crippen molar-refractivity contribution in [2.45, 2.75) is 52.0 Å². The van der Waals surface area contributed by atoms with E-state index in [2.05, 4.69) is 43.1 Å². The van der Waals surface area contributed by atoms with Crippen molar-refractivity contribution >= 4 is 0 Å². The SMILES string of the molecule is CCCN(CCNC1CCC(C)CC1)CCN(C)C. The van der Waals surface area contributed by atoms with Gasteiger partial charge in [0.1, 0.15) is 0 Å². The fraction of sp³-hybridized carbons (Fsp3) is 1.00. The highest BCUT2D eigenvalue weighted by Gasteiger charge is 2.17. The van der Waals surface area contributed by atoms with Crippen LogP contribution in [0.4, 0.5) is 0 Å². The second kappa shape index (κ2) is 9.73. The average Bonchev–Trinajstić information content (AvgIpc) is 2.38. The van der Waals surface area contributed by atoms with Crippen LogP contribution in [0.25, 0.3) is 0 Å². The molecule has 1 aliphatic carbocycles. The molecular weight excluding hydrogens is 234 g/mol. The zero-order valence-electron chi connectivity index (χ0n) is 13.6. The first-order valence-electron chi connectivity index (χ1n) is 8.22. The summed E-state index contributed by atoms with van der Waals surface area (Å²) in [6.45, 7) is 10.6. The molecule has 0 aromatic heterocycles. The Balaban J connectivity index is 2.13. The third-order valence-electron chi connectivity index (χ3n) is 4.28. The number of hydrogen-bond acceptors (Lipinski definition) is 3. The summed E-state index contributed by atoms with van der Waals surface area (Å²) in [7, 11) is 4.32. The predicted molar refractivity (Wildman–Crippen MR) is 84.7 cm³/mol. The van der Waals surface area contributed by atoms with Crippen molar-refractivity contribution in [1.82, 2.24) is 15.1 Å². The van der Waals surface area contributed by atoms with Gasteiger partial charge in [-0.05, 0) is 58.7 Å².